The molecular weight excluding hydrogens is 468 g/mol. The molecule has 0 saturated heterocycles. The van der Waals surface area contributed by atoms with Crippen LogP contribution in [0.15, 0.2) is 82.4 Å². The predicted molar refractivity (Wildman–Crippen MR) is 130 cm³/mol. The molecule has 2 heterocycles. The van der Waals surface area contributed by atoms with Crippen molar-refractivity contribution in [2.24, 2.45) is 0 Å². The van der Waals surface area contributed by atoms with Gasteiger partial charge in [-0.1, -0.05) is 18.2 Å². The van der Waals surface area contributed by atoms with Gasteiger partial charge in [-0.25, -0.2) is 13.1 Å². The normalized spacial score (nSPS) is 11.2. The van der Waals surface area contributed by atoms with Gasteiger partial charge in [-0.15, -0.1) is 0 Å². The number of sulfonamides is 1. The molecule has 2 aromatic carbocycles. The summed E-state index contributed by atoms with van der Waals surface area (Å²) < 4.78 is 43.6. The van der Waals surface area contributed by atoms with Gasteiger partial charge in [-0.2, -0.15) is 0 Å². The summed E-state index contributed by atoms with van der Waals surface area (Å²) in [7, 11) is -2.44. The van der Waals surface area contributed by atoms with Crippen LogP contribution in [0.3, 0.4) is 0 Å². The van der Waals surface area contributed by atoms with Gasteiger partial charge in [-0.05, 0) is 61.9 Å². The summed E-state index contributed by atoms with van der Waals surface area (Å²) in [6.45, 7) is 3.48. The van der Waals surface area contributed by atoms with Gasteiger partial charge in [0, 0.05) is 16.7 Å². The Labute approximate surface area is 203 Å². The number of ether oxygens (including phenoxy) is 2. The molecule has 0 unspecified atom stereocenters. The van der Waals surface area contributed by atoms with Crippen molar-refractivity contribution in [3.05, 3.63) is 95.6 Å². The first-order valence-corrected chi connectivity index (χ1v) is 12.2. The number of aryl methyl sites for hydroxylation is 1. The lowest BCUT2D eigenvalue weighted by molar-refractivity contribution is 0.0953. The summed E-state index contributed by atoms with van der Waals surface area (Å²) in [4.78, 5) is 17.0. The van der Waals surface area contributed by atoms with Crippen LogP contribution in [0.2, 0.25) is 0 Å². The van der Waals surface area contributed by atoms with E-state index in [-0.39, 0.29) is 17.3 Å². The second-order valence-electron chi connectivity index (χ2n) is 7.81. The number of methoxy groups -OCH3 is 1. The summed E-state index contributed by atoms with van der Waals surface area (Å²) in [6, 6.07) is 17.6. The molecule has 180 valence electrons. The van der Waals surface area contributed by atoms with Crippen molar-refractivity contribution < 1.29 is 27.1 Å². The summed E-state index contributed by atoms with van der Waals surface area (Å²) in [6.07, 6.45) is 3.04. The molecule has 0 fully saturated rings. The van der Waals surface area contributed by atoms with E-state index in [0.717, 1.165) is 11.3 Å². The molecule has 4 aromatic rings. The Hall–Kier alpha value is -4.11. The number of hydrogen-bond donors (Lipinski definition) is 1. The number of rotatable bonds is 8. The van der Waals surface area contributed by atoms with Crippen molar-refractivity contribution >= 4 is 15.9 Å². The van der Waals surface area contributed by atoms with Gasteiger partial charge in [0.05, 0.1) is 30.2 Å². The highest BCUT2D eigenvalue weighted by atomic mass is 32.2. The molecule has 0 bridgehead atoms. The summed E-state index contributed by atoms with van der Waals surface area (Å²) >= 11 is 0. The Balaban J connectivity index is 1.41. The van der Waals surface area contributed by atoms with Gasteiger partial charge in [0.25, 0.3) is 10.0 Å². The lowest BCUT2D eigenvalue weighted by atomic mass is 10.1. The standard InChI is InChI=1S/C26H24N2O6S/c1-17-6-4-5-7-24(17)35(30,31)28-26(29)25-18(2)20(16-34-25)15-33-21-10-8-19(9-11-21)23-13-12-22(32-3)14-27-23/h4-14,16H,15H2,1-3H3,(H,28,29). The van der Waals surface area contributed by atoms with Gasteiger partial charge >= 0.3 is 5.91 Å². The predicted octanol–water partition coefficient (Wildman–Crippen LogP) is 4.66. The van der Waals surface area contributed by atoms with Crippen LogP contribution in [0.1, 0.15) is 27.2 Å². The molecule has 0 atom stereocenters. The smallest absolute Gasteiger partial charge is 0.300 e. The first-order chi connectivity index (χ1) is 16.8. The first kappa shape index (κ1) is 24.0. The maximum atomic E-state index is 12.6. The zero-order chi connectivity index (χ0) is 25.0. The van der Waals surface area contributed by atoms with Crippen LogP contribution >= 0.6 is 0 Å². The molecule has 0 aliphatic rings. The zero-order valence-electron chi connectivity index (χ0n) is 19.4. The second-order valence-corrected chi connectivity index (χ2v) is 9.46. The number of aromatic nitrogens is 1. The minimum Gasteiger partial charge on any atom is -0.495 e. The number of pyridine rings is 1. The molecule has 8 nitrogen and oxygen atoms in total. The number of furan rings is 1. The zero-order valence-corrected chi connectivity index (χ0v) is 20.3. The third-order valence-electron chi connectivity index (χ3n) is 5.47. The molecule has 9 heteroatoms. The van der Waals surface area contributed by atoms with Crippen molar-refractivity contribution in [3.8, 4) is 22.8 Å². The minimum absolute atomic E-state index is 0.0365. The van der Waals surface area contributed by atoms with E-state index in [2.05, 4.69) is 9.71 Å². The molecule has 0 spiro atoms. The van der Waals surface area contributed by atoms with Gasteiger partial charge < -0.3 is 13.9 Å². The first-order valence-electron chi connectivity index (χ1n) is 10.7. The fraction of sp³-hybridized carbons (Fsp3) is 0.154. The van der Waals surface area contributed by atoms with E-state index in [1.54, 1.807) is 45.4 Å². The largest absolute Gasteiger partial charge is 0.495 e. The monoisotopic (exact) mass is 492 g/mol. The Kier molecular flexibility index (Phi) is 6.88. The quantitative estimate of drug-likeness (QED) is 0.381. The summed E-state index contributed by atoms with van der Waals surface area (Å²) in [5, 5.41) is 0. The van der Waals surface area contributed by atoms with E-state index >= 15 is 0 Å². The van der Waals surface area contributed by atoms with Crippen LogP contribution in [-0.4, -0.2) is 26.4 Å². The molecule has 4 rings (SSSR count). The van der Waals surface area contributed by atoms with Crippen molar-refractivity contribution in [2.75, 3.05) is 7.11 Å². The van der Waals surface area contributed by atoms with Gasteiger partial charge in [0.2, 0.25) is 0 Å². The molecule has 0 saturated carbocycles. The molecule has 1 amide bonds. The van der Waals surface area contributed by atoms with Crippen molar-refractivity contribution in [1.82, 2.24) is 9.71 Å². The molecule has 0 aliphatic carbocycles. The van der Waals surface area contributed by atoms with E-state index in [4.69, 9.17) is 13.9 Å². The summed E-state index contributed by atoms with van der Waals surface area (Å²) in [5.74, 6) is 0.385. The maximum absolute atomic E-state index is 12.6. The fourth-order valence-electron chi connectivity index (χ4n) is 3.45. The number of carbonyl (C=O) groups is 1. The lowest BCUT2D eigenvalue weighted by Gasteiger charge is -2.09. The average Bonchev–Trinajstić information content (AvgIpc) is 3.23. The fourth-order valence-corrected chi connectivity index (χ4v) is 4.65. The van der Waals surface area contributed by atoms with Crippen LogP contribution < -0.4 is 14.2 Å². The molecule has 0 radical (unpaired) electrons. The number of carbonyl (C=O) groups excluding carboxylic acids is 1. The number of benzene rings is 2. The molecular formula is C26H24N2O6S. The van der Waals surface area contributed by atoms with E-state index in [0.29, 0.717) is 28.2 Å². The molecule has 1 N–H and O–H groups in total. The van der Waals surface area contributed by atoms with E-state index in [9.17, 15) is 13.2 Å². The van der Waals surface area contributed by atoms with Crippen molar-refractivity contribution in [1.29, 1.82) is 0 Å². The van der Waals surface area contributed by atoms with Crippen LogP contribution in [0.5, 0.6) is 11.5 Å². The second kappa shape index (κ2) is 10.0. The van der Waals surface area contributed by atoms with Gasteiger partial charge in [-0.3, -0.25) is 9.78 Å². The number of nitrogens with zero attached hydrogens (tertiary/aromatic N) is 1. The topological polar surface area (TPSA) is 108 Å². The van der Waals surface area contributed by atoms with Crippen LogP contribution in [0, 0.1) is 13.8 Å². The van der Waals surface area contributed by atoms with Crippen molar-refractivity contribution in [2.45, 2.75) is 25.3 Å². The highest BCUT2D eigenvalue weighted by Gasteiger charge is 2.24. The van der Waals surface area contributed by atoms with Crippen LogP contribution in [0.25, 0.3) is 11.3 Å². The van der Waals surface area contributed by atoms with E-state index in [1.165, 1.54) is 12.3 Å². The summed E-state index contributed by atoms with van der Waals surface area (Å²) in [5.41, 5.74) is 3.39. The molecule has 35 heavy (non-hydrogen) atoms. The molecule has 0 aliphatic heterocycles. The third-order valence-corrected chi connectivity index (χ3v) is 6.97. The number of nitrogens with one attached hydrogen (secondary N) is 1. The van der Waals surface area contributed by atoms with Gasteiger partial charge in [0.1, 0.15) is 18.1 Å². The maximum Gasteiger partial charge on any atom is 0.300 e. The Morgan fingerprint density at radius 1 is 1.00 bits per heavy atom. The van der Waals surface area contributed by atoms with Crippen molar-refractivity contribution in [3.63, 3.8) is 0 Å². The highest BCUT2D eigenvalue weighted by molar-refractivity contribution is 7.90. The Bertz CT molecular complexity index is 1440. The van der Waals surface area contributed by atoms with Gasteiger partial charge in [0.15, 0.2) is 5.76 Å². The third kappa shape index (κ3) is 5.36. The minimum atomic E-state index is -4.04. The Morgan fingerprint density at radius 2 is 1.71 bits per heavy atom. The number of hydrogen-bond acceptors (Lipinski definition) is 7. The van der Waals surface area contributed by atoms with E-state index < -0.39 is 15.9 Å². The van der Waals surface area contributed by atoms with E-state index in [1.807, 2.05) is 36.4 Å². The Morgan fingerprint density at radius 3 is 2.37 bits per heavy atom. The lowest BCUT2D eigenvalue weighted by Crippen LogP contribution is -2.31. The highest BCUT2D eigenvalue weighted by Crippen LogP contribution is 2.24. The van der Waals surface area contributed by atoms with Crippen LogP contribution in [-0.2, 0) is 16.6 Å². The number of amides is 1. The molecule has 2 aromatic heterocycles. The van der Waals surface area contributed by atoms with Crippen LogP contribution in [0.4, 0.5) is 0 Å². The average molecular weight is 493 g/mol. The SMILES string of the molecule is COc1ccc(-c2ccc(OCc3coc(C(=O)NS(=O)(=O)c4ccccc4C)c3C)cc2)nc1.